The first-order valence-electron chi connectivity index (χ1n) is 5.61. The van der Waals surface area contributed by atoms with E-state index in [1.54, 1.807) is 6.92 Å². The van der Waals surface area contributed by atoms with E-state index in [-0.39, 0.29) is 5.76 Å². The molecule has 1 rings (SSSR count). The summed E-state index contributed by atoms with van der Waals surface area (Å²) in [7, 11) is 1.19. The molecule has 1 aliphatic heterocycles. The Morgan fingerprint density at radius 1 is 1.67 bits per heavy atom. The van der Waals surface area contributed by atoms with E-state index in [9.17, 15) is 15.0 Å². The number of nitrogens with two attached hydrogens (primary N) is 1. The van der Waals surface area contributed by atoms with Gasteiger partial charge in [-0.2, -0.15) is 0 Å². The lowest BCUT2D eigenvalue weighted by Crippen LogP contribution is -2.54. The van der Waals surface area contributed by atoms with Gasteiger partial charge in [-0.3, -0.25) is 0 Å². The van der Waals surface area contributed by atoms with Crippen LogP contribution < -0.4 is 5.73 Å². The van der Waals surface area contributed by atoms with Crippen molar-refractivity contribution in [3.05, 3.63) is 11.8 Å². The first-order chi connectivity index (χ1) is 8.42. The van der Waals surface area contributed by atoms with Crippen LogP contribution in [0.5, 0.6) is 0 Å². The molecule has 7 heteroatoms. The van der Waals surface area contributed by atoms with Gasteiger partial charge in [0, 0.05) is 5.92 Å². The minimum Gasteiger partial charge on any atom is -0.481 e. The summed E-state index contributed by atoms with van der Waals surface area (Å²) in [6, 6.07) is -0.797. The van der Waals surface area contributed by atoms with Crippen LogP contribution in [0.1, 0.15) is 6.92 Å². The molecule has 0 spiro atoms. The molecule has 1 heterocycles. The summed E-state index contributed by atoms with van der Waals surface area (Å²) in [4.78, 5) is 11.3. The van der Waals surface area contributed by atoms with Gasteiger partial charge in [-0.05, 0) is 6.08 Å². The summed E-state index contributed by atoms with van der Waals surface area (Å²) in [6.07, 6.45) is -1.75. The third kappa shape index (κ3) is 2.99. The zero-order valence-corrected chi connectivity index (χ0v) is 10.3. The summed E-state index contributed by atoms with van der Waals surface area (Å²) >= 11 is 0. The van der Waals surface area contributed by atoms with E-state index in [2.05, 4.69) is 4.74 Å². The molecule has 0 aromatic rings. The number of carbonyl (C=O) groups excluding carboxylic acids is 1. The number of esters is 1. The van der Waals surface area contributed by atoms with Crippen LogP contribution in [-0.4, -0.2) is 59.4 Å². The summed E-state index contributed by atoms with van der Waals surface area (Å²) < 4.78 is 9.83. The Kier molecular flexibility index (Phi) is 5.09. The third-order valence-corrected chi connectivity index (χ3v) is 3.06. The van der Waals surface area contributed by atoms with Crippen molar-refractivity contribution in [2.45, 2.75) is 31.3 Å². The molecule has 104 valence electrons. The molecule has 0 aliphatic carbocycles. The number of ether oxygens (including phenoxy) is 2. The van der Waals surface area contributed by atoms with Crippen LogP contribution in [0, 0.1) is 5.92 Å². The lowest BCUT2D eigenvalue weighted by molar-refractivity contribution is -0.145. The van der Waals surface area contributed by atoms with E-state index < -0.39 is 42.8 Å². The largest absolute Gasteiger partial charge is 0.481 e. The summed E-state index contributed by atoms with van der Waals surface area (Å²) in [5, 5.41) is 28.2. The summed E-state index contributed by atoms with van der Waals surface area (Å²) in [6.45, 7) is 1.15. The summed E-state index contributed by atoms with van der Waals surface area (Å²) in [5.74, 6) is -1.42. The van der Waals surface area contributed by atoms with Crippen LogP contribution in [-0.2, 0) is 14.3 Å². The first kappa shape index (κ1) is 14.9. The monoisotopic (exact) mass is 261 g/mol. The zero-order chi connectivity index (χ0) is 13.9. The Labute approximate surface area is 105 Å². The van der Waals surface area contributed by atoms with Crippen LogP contribution in [0.4, 0.5) is 0 Å². The molecule has 0 radical (unpaired) electrons. The van der Waals surface area contributed by atoms with Crippen LogP contribution in [0.2, 0.25) is 0 Å². The van der Waals surface area contributed by atoms with E-state index in [0.29, 0.717) is 0 Å². The molecule has 5 atom stereocenters. The lowest BCUT2D eigenvalue weighted by Gasteiger charge is -2.36. The first-order valence-corrected chi connectivity index (χ1v) is 5.61. The van der Waals surface area contributed by atoms with Gasteiger partial charge in [-0.1, -0.05) is 6.92 Å². The second-order valence-electron chi connectivity index (χ2n) is 4.28. The predicted molar refractivity (Wildman–Crippen MR) is 61.2 cm³/mol. The van der Waals surface area contributed by atoms with Gasteiger partial charge in [0.05, 0.1) is 32.0 Å². The topological polar surface area (TPSA) is 122 Å². The maximum atomic E-state index is 11.3. The molecular formula is C11H19NO6. The van der Waals surface area contributed by atoms with Gasteiger partial charge in [-0.15, -0.1) is 0 Å². The van der Waals surface area contributed by atoms with Gasteiger partial charge < -0.3 is 30.5 Å². The molecule has 5 N–H and O–H groups in total. The maximum absolute atomic E-state index is 11.3. The van der Waals surface area contributed by atoms with Crippen molar-refractivity contribution >= 4 is 5.97 Å². The van der Waals surface area contributed by atoms with Crippen LogP contribution in [0.15, 0.2) is 11.8 Å². The highest BCUT2D eigenvalue weighted by molar-refractivity contribution is 5.86. The Balaban J connectivity index is 2.88. The third-order valence-electron chi connectivity index (χ3n) is 3.06. The van der Waals surface area contributed by atoms with E-state index in [1.807, 2.05) is 0 Å². The number of rotatable bonds is 4. The minimum atomic E-state index is -1.08. The van der Waals surface area contributed by atoms with Crippen molar-refractivity contribution in [1.82, 2.24) is 0 Å². The van der Waals surface area contributed by atoms with Crippen molar-refractivity contribution in [3.63, 3.8) is 0 Å². The Bertz CT molecular complexity index is 331. The Hall–Kier alpha value is -1.15. The number of aliphatic hydroxyl groups is 3. The molecule has 18 heavy (non-hydrogen) atoms. The standard InChI is InChI=1S/C11H19NO6/c1-5(7(15)4-13)10-9(12)6(14)3-8(18-10)11(16)17-2/h3,5-7,9-10,13-15H,4,12H2,1-2H3/t5?,6?,7?,9?,10-/m0/s1. The maximum Gasteiger partial charge on any atom is 0.373 e. The fraction of sp³-hybridized carbons (Fsp3) is 0.727. The van der Waals surface area contributed by atoms with Gasteiger partial charge in [-0.25, -0.2) is 4.79 Å². The molecular weight excluding hydrogens is 242 g/mol. The van der Waals surface area contributed by atoms with E-state index in [1.165, 1.54) is 13.2 Å². The second kappa shape index (κ2) is 6.14. The quantitative estimate of drug-likeness (QED) is 0.437. The molecule has 0 bridgehead atoms. The number of hydrogen-bond acceptors (Lipinski definition) is 7. The van der Waals surface area contributed by atoms with Gasteiger partial charge in [0.25, 0.3) is 0 Å². The molecule has 0 aromatic heterocycles. The van der Waals surface area contributed by atoms with E-state index in [0.717, 1.165) is 0 Å². The van der Waals surface area contributed by atoms with Crippen molar-refractivity contribution in [1.29, 1.82) is 0 Å². The zero-order valence-electron chi connectivity index (χ0n) is 10.3. The fourth-order valence-electron chi connectivity index (χ4n) is 1.78. The van der Waals surface area contributed by atoms with E-state index in [4.69, 9.17) is 15.6 Å². The van der Waals surface area contributed by atoms with Crippen LogP contribution >= 0.6 is 0 Å². The minimum absolute atomic E-state index is 0.145. The number of hydrogen-bond donors (Lipinski definition) is 4. The van der Waals surface area contributed by atoms with Crippen molar-refractivity contribution in [2.75, 3.05) is 13.7 Å². The van der Waals surface area contributed by atoms with Crippen LogP contribution in [0.25, 0.3) is 0 Å². The molecule has 0 saturated heterocycles. The molecule has 4 unspecified atom stereocenters. The molecule has 0 aromatic carbocycles. The van der Waals surface area contributed by atoms with Crippen molar-refractivity contribution < 1.29 is 29.6 Å². The lowest BCUT2D eigenvalue weighted by atomic mass is 9.88. The Morgan fingerprint density at radius 3 is 2.78 bits per heavy atom. The van der Waals surface area contributed by atoms with Gasteiger partial charge in [0.1, 0.15) is 6.10 Å². The average Bonchev–Trinajstić information content (AvgIpc) is 2.38. The smallest absolute Gasteiger partial charge is 0.373 e. The Morgan fingerprint density at radius 2 is 2.28 bits per heavy atom. The molecule has 1 aliphatic rings. The summed E-state index contributed by atoms with van der Waals surface area (Å²) in [5.41, 5.74) is 5.76. The number of aliphatic hydroxyl groups excluding tert-OH is 3. The normalized spacial score (nSPS) is 31.0. The second-order valence-corrected chi connectivity index (χ2v) is 4.28. The predicted octanol–water partition coefficient (Wildman–Crippen LogP) is -1.88. The molecule has 0 saturated carbocycles. The van der Waals surface area contributed by atoms with E-state index >= 15 is 0 Å². The molecule has 0 amide bonds. The fourth-order valence-corrected chi connectivity index (χ4v) is 1.78. The highest BCUT2D eigenvalue weighted by Crippen LogP contribution is 2.25. The highest BCUT2D eigenvalue weighted by Gasteiger charge is 2.39. The SMILES string of the molecule is COC(=O)C1=CC(O)C(N)[C@H](C(C)C(O)CO)O1. The van der Waals surface area contributed by atoms with Gasteiger partial charge in [0.2, 0.25) is 5.76 Å². The highest BCUT2D eigenvalue weighted by atomic mass is 16.6. The molecule has 7 nitrogen and oxygen atoms in total. The van der Waals surface area contributed by atoms with Gasteiger partial charge >= 0.3 is 5.97 Å². The number of carbonyl (C=O) groups is 1. The van der Waals surface area contributed by atoms with Crippen molar-refractivity contribution in [3.8, 4) is 0 Å². The average molecular weight is 261 g/mol. The molecule has 0 fully saturated rings. The number of methoxy groups -OCH3 is 1. The van der Waals surface area contributed by atoms with Gasteiger partial charge in [0.15, 0.2) is 0 Å². The van der Waals surface area contributed by atoms with Crippen molar-refractivity contribution in [2.24, 2.45) is 11.7 Å². The van der Waals surface area contributed by atoms with Crippen LogP contribution in [0.3, 0.4) is 0 Å².